The van der Waals surface area contributed by atoms with Gasteiger partial charge in [0.25, 0.3) is 0 Å². The van der Waals surface area contributed by atoms with Crippen molar-refractivity contribution in [2.45, 2.75) is 85.2 Å². The average molecular weight is 493 g/mol. The summed E-state index contributed by atoms with van der Waals surface area (Å²) < 4.78 is 40.9. The molecule has 1 atom stereocenters. The number of para-hydroxylation sites is 1. The number of alkyl halides is 3. The van der Waals surface area contributed by atoms with Crippen molar-refractivity contribution in [1.29, 1.82) is 5.41 Å². The summed E-state index contributed by atoms with van der Waals surface area (Å²) in [6, 6.07) is 6.47. The van der Waals surface area contributed by atoms with Crippen LogP contribution in [0.25, 0.3) is 0 Å². The topological polar surface area (TPSA) is 91.3 Å². The molecular weight excluding hydrogens is 453 g/mol. The number of amides is 1. The fourth-order valence-electron chi connectivity index (χ4n) is 3.67. The number of amidine groups is 1. The maximum atomic E-state index is 13.6. The highest BCUT2D eigenvalue weighted by Gasteiger charge is 2.48. The zero-order chi connectivity index (χ0) is 26.4. The van der Waals surface area contributed by atoms with E-state index in [-0.39, 0.29) is 28.4 Å². The second-order valence-electron chi connectivity index (χ2n) is 8.53. The van der Waals surface area contributed by atoms with Crippen molar-refractivity contribution >= 4 is 23.1 Å². The molecule has 0 spiro atoms. The summed E-state index contributed by atoms with van der Waals surface area (Å²) in [7, 11) is 0. The Labute approximate surface area is 207 Å². The minimum Gasteiger partial charge on any atom is -0.398 e. The van der Waals surface area contributed by atoms with E-state index in [9.17, 15) is 18.0 Å². The summed E-state index contributed by atoms with van der Waals surface area (Å²) >= 11 is 0. The normalized spacial score (nSPS) is 18.8. The van der Waals surface area contributed by atoms with E-state index in [1.807, 2.05) is 6.92 Å². The van der Waals surface area contributed by atoms with Crippen molar-refractivity contribution in [3.8, 4) is 0 Å². The number of carbonyl (C=O) groups excluding carboxylic acids is 1. The predicted octanol–water partition coefficient (Wildman–Crippen LogP) is 7.34. The monoisotopic (exact) mass is 492 g/mol. The maximum Gasteiger partial charge on any atom is 0.396 e. The first-order chi connectivity index (χ1) is 16.6. The number of piperidine rings is 1. The van der Waals surface area contributed by atoms with Gasteiger partial charge in [-0.3, -0.25) is 10.2 Å². The molecule has 1 aromatic carbocycles. The van der Waals surface area contributed by atoms with E-state index in [0.29, 0.717) is 12.0 Å². The number of nitrogens with two attached hydrogens (primary N) is 1. The fourth-order valence-corrected chi connectivity index (χ4v) is 3.67. The lowest BCUT2D eigenvalue weighted by Crippen LogP contribution is -2.46. The first-order valence-electron chi connectivity index (χ1n) is 12.3. The fraction of sp³-hybridized carbons (Fsp3) is 0.519. The highest BCUT2D eigenvalue weighted by Crippen LogP contribution is 2.39. The lowest BCUT2D eigenvalue weighted by Gasteiger charge is -2.30. The molecule has 35 heavy (non-hydrogen) atoms. The van der Waals surface area contributed by atoms with Crippen molar-refractivity contribution in [1.82, 2.24) is 5.32 Å². The third-order valence-electron chi connectivity index (χ3n) is 5.66. The number of anilines is 1. The van der Waals surface area contributed by atoms with Crippen LogP contribution >= 0.6 is 0 Å². The van der Waals surface area contributed by atoms with Crippen LogP contribution < -0.4 is 11.1 Å². The highest BCUT2D eigenvalue weighted by molar-refractivity contribution is 6.20. The number of hydrogen-bond donors (Lipinski definition) is 3. The van der Waals surface area contributed by atoms with Gasteiger partial charge in [0, 0.05) is 29.4 Å². The van der Waals surface area contributed by atoms with Crippen molar-refractivity contribution in [2.75, 3.05) is 5.73 Å². The van der Waals surface area contributed by atoms with Crippen LogP contribution in [-0.2, 0) is 4.79 Å². The molecule has 0 aliphatic carbocycles. The van der Waals surface area contributed by atoms with Gasteiger partial charge < -0.3 is 11.1 Å². The van der Waals surface area contributed by atoms with Crippen LogP contribution in [0.3, 0.4) is 0 Å². The predicted molar refractivity (Wildman–Crippen MR) is 139 cm³/mol. The van der Waals surface area contributed by atoms with Gasteiger partial charge in [-0.05, 0) is 25.0 Å². The Balaban J connectivity index is 0.000000658. The largest absolute Gasteiger partial charge is 0.398 e. The Hall–Kier alpha value is -2.90. The highest BCUT2D eigenvalue weighted by atomic mass is 19.4. The molecule has 1 amide bonds. The molecule has 5 nitrogen and oxygen atoms in total. The SMILES string of the molecule is CC/C=C/N=C1\NC(=O)CC(C(F)(F)F)\C1=C(\C)C(=N)c1ccccc1N.CCCCCCCC. The van der Waals surface area contributed by atoms with E-state index in [4.69, 9.17) is 11.1 Å². The number of carbonyl (C=O) groups is 1. The Morgan fingerprint density at radius 1 is 1.14 bits per heavy atom. The van der Waals surface area contributed by atoms with Crippen LogP contribution in [-0.4, -0.2) is 23.6 Å². The maximum absolute atomic E-state index is 13.6. The molecule has 0 radical (unpaired) electrons. The summed E-state index contributed by atoms with van der Waals surface area (Å²) in [6.07, 6.45) is 6.74. The lowest BCUT2D eigenvalue weighted by molar-refractivity contribution is -0.169. The summed E-state index contributed by atoms with van der Waals surface area (Å²) in [5.74, 6) is -2.98. The molecule has 0 bridgehead atoms. The standard InChI is InChI=1S/C19H21F3N4O.C8H18/c1-3-4-9-25-18-16(13(19(20,21)22)10-15(27)26-18)11(2)17(24)12-7-5-6-8-14(12)23;1-3-5-7-8-6-4-2/h4-9,13,24H,3,10,23H2,1-2H3,(H,25,26,27);3-8H2,1-2H3/b9-4+,16-11+,24-17?;. The molecule has 2 rings (SSSR count). The third-order valence-corrected chi connectivity index (χ3v) is 5.66. The van der Waals surface area contributed by atoms with Gasteiger partial charge in [-0.15, -0.1) is 0 Å². The summed E-state index contributed by atoms with van der Waals surface area (Å²) in [5, 5.41) is 10.8. The number of halogens is 3. The summed E-state index contributed by atoms with van der Waals surface area (Å²) in [5.41, 5.74) is 6.20. The number of unbranched alkanes of at least 4 members (excludes halogenated alkanes) is 5. The number of allylic oxidation sites excluding steroid dienone is 2. The number of nitrogen functional groups attached to an aromatic ring is 1. The second kappa shape index (κ2) is 15.2. The van der Waals surface area contributed by atoms with Crippen molar-refractivity contribution in [3.05, 3.63) is 53.3 Å². The number of nitrogens with one attached hydrogen (secondary N) is 2. The van der Waals surface area contributed by atoms with Gasteiger partial charge in [-0.1, -0.05) is 83.6 Å². The number of aliphatic imine (C=N–C) groups is 1. The van der Waals surface area contributed by atoms with Crippen LogP contribution in [0.4, 0.5) is 18.9 Å². The van der Waals surface area contributed by atoms with Crippen LogP contribution in [0, 0.1) is 11.3 Å². The third kappa shape index (κ3) is 9.70. The van der Waals surface area contributed by atoms with E-state index < -0.39 is 24.4 Å². The van der Waals surface area contributed by atoms with E-state index in [0.717, 1.165) is 0 Å². The van der Waals surface area contributed by atoms with E-state index in [1.54, 1.807) is 30.3 Å². The van der Waals surface area contributed by atoms with Crippen molar-refractivity contribution < 1.29 is 18.0 Å². The average Bonchev–Trinajstić information content (AvgIpc) is 2.81. The van der Waals surface area contributed by atoms with Crippen LogP contribution in [0.15, 0.2) is 52.7 Å². The minimum atomic E-state index is -4.65. The first-order valence-corrected chi connectivity index (χ1v) is 12.3. The number of hydrogen-bond acceptors (Lipinski definition) is 4. The Kier molecular flexibility index (Phi) is 13.1. The molecule has 1 fully saturated rings. The number of rotatable bonds is 9. The molecule has 0 aromatic heterocycles. The van der Waals surface area contributed by atoms with E-state index in [2.05, 4.69) is 24.2 Å². The quantitative estimate of drug-likeness (QED) is 0.191. The van der Waals surface area contributed by atoms with Gasteiger partial charge >= 0.3 is 6.18 Å². The molecule has 1 aliphatic rings. The molecule has 0 saturated carbocycles. The zero-order valence-corrected chi connectivity index (χ0v) is 21.3. The molecule has 4 N–H and O–H groups in total. The smallest absolute Gasteiger partial charge is 0.396 e. The molecule has 1 heterocycles. The van der Waals surface area contributed by atoms with Gasteiger partial charge in [0.05, 0.1) is 11.6 Å². The van der Waals surface area contributed by atoms with Crippen LogP contribution in [0.1, 0.15) is 84.6 Å². The Morgan fingerprint density at radius 3 is 2.26 bits per heavy atom. The van der Waals surface area contributed by atoms with Gasteiger partial charge in [-0.25, -0.2) is 4.99 Å². The molecule has 1 unspecified atom stereocenters. The lowest BCUT2D eigenvalue weighted by atomic mass is 9.84. The van der Waals surface area contributed by atoms with Gasteiger partial charge in [0.1, 0.15) is 5.84 Å². The van der Waals surface area contributed by atoms with Crippen LogP contribution in [0.5, 0.6) is 0 Å². The molecular formula is C27H39F3N4O. The summed E-state index contributed by atoms with van der Waals surface area (Å²) in [4.78, 5) is 15.8. The Bertz CT molecular complexity index is 927. The van der Waals surface area contributed by atoms with Crippen molar-refractivity contribution in [3.63, 3.8) is 0 Å². The van der Waals surface area contributed by atoms with E-state index >= 15 is 0 Å². The van der Waals surface area contributed by atoms with Gasteiger partial charge in [0.2, 0.25) is 5.91 Å². The zero-order valence-electron chi connectivity index (χ0n) is 21.3. The van der Waals surface area contributed by atoms with Gasteiger partial charge in [-0.2, -0.15) is 13.2 Å². The molecule has 8 heteroatoms. The van der Waals surface area contributed by atoms with Crippen LogP contribution in [0.2, 0.25) is 0 Å². The second-order valence-corrected chi connectivity index (χ2v) is 8.53. The number of benzene rings is 1. The molecule has 1 saturated heterocycles. The first kappa shape index (κ1) is 30.1. The minimum absolute atomic E-state index is 0.0684. The number of nitrogens with zero attached hydrogens (tertiary/aromatic N) is 1. The molecule has 1 aliphatic heterocycles. The van der Waals surface area contributed by atoms with E-state index in [1.165, 1.54) is 51.6 Å². The molecule has 194 valence electrons. The van der Waals surface area contributed by atoms with Crippen molar-refractivity contribution in [2.24, 2.45) is 10.9 Å². The molecule has 1 aromatic rings. The Morgan fingerprint density at radius 2 is 1.74 bits per heavy atom. The summed E-state index contributed by atoms with van der Waals surface area (Å²) in [6.45, 7) is 7.78. The van der Waals surface area contributed by atoms with Gasteiger partial charge in [0.15, 0.2) is 0 Å².